The summed E-state index contributed by atoms with van der Waals surface area (Å²) in [5, 5.41) is 8.95. The molecule has 0 bridgehead atoms. The maximum Gasteiger partial charge on any atom is 0.262 e. The fourth-order valence-electron chi connectivity index (χ4n) is 2.49. The number of fused-ring (bicyclic) bond motifs is 1. The number of rotatable bonds is 5. The Bertz CT molecular complexity index is 1170. The third-order valence-electron chi connectivity index (χ3n) is 3.79. The second-order valence-corrected chi connectivity index (χ2v) is 8.30. The first-order chi connectivity index (χ1) is 13.1. The molecule has 3 aromatic rings. The lowest BCUT2D eigenvalue weighted by molar-refractivity contribution is -0.118. The smallest absolute Gasteiger partial charge is 0.262 e. The minimum Gasteiger partial charge on any atom is -0.480 e. The van der Waals surface area contributed by atoms with Gasteiger partial charge in [-0.05, 0) is 49.4 Å². The molecule has 0 aliphatic heterocycles. The summed E-state index contributed by atoms with van der Waals surface area (Å²) in [5.74, 6) is -0.209. The Morgan fingerprint density at radius 2 is 1.82 bits per heavy atom. The van der Waals surface area contributed by atoms with Gasteiger partial charge < -0.3 is 10.1 Å². The molecule has 0 spiro atoms. The van der Waals surface area contributed by atoms with Crippen molar-refractivity contribution in [3.63, 3.8) is 0 Å². The van der Waals surface area contributed by atoms with Gasteiger partial charge in [-0.15, -0.1) is 0 Å². The van der Waals surface area contributed by atoms with Crippen molar-refractivity contribution in [3.8, 4) is 5.75 Å². The Morgan fingerprint density at radius 3 is 2.46 bits per heavy atom. The number of sulfonamides is 1. The van der Waals surface area contributed by atoms with Gasteiger partial charge >= 0.3 is 0 Å². The first kappa shape index (κ1) is 20.3. The van der Waals surface area contributed by atoms with Crippen LogP contribution >= 0.6 is 23.2 Å². The molecule has 2 aromatic carbocycles. The number of halogens is 2. The molecule has 0 atom stereocenters. The van der Waals surface area contributed by atoms with Crippen molar-refractivity contribution >= 4 is 55.7 Å². The molecule has 0 saturated heterocycles. The Morgan fingerprint density at radius 1 is 1.14 bits per heavy atom. The van der Waals surface area contributed by atoms with E-state index >= 15 is 0 Å². The highest BCUT2D eigenvalue weighted by Crippen LogP contribution is 2.37. The number of carbonyl (C=O) groups excluding carboxylic acids is 1. The Balaban J connectivity index is 1.75. The van der Waals surface area contributed by atoms with E-state index in [1.165, 1.54) is 30.3 Å². The van der Waals surface area contributed by atoms with Crippen LogP contribution in [0.2, 0.25) is 10.0 Å². The van der Waals surface area contributed by atoms with E-state index in [9.17, 15) is 13.2 Å². The lowest BCUT2D eigenvalue weighted by atomic mass is 10.2. The van der Waals surface area contributed by atoms with Crippen molar-refractivity contribution in [1.82, 2.24) is 4.98 Å². The summed E-state index contributed by atoms with van der Waals surface area (Å²) in [5.41, 5.74) is 1.60. The van der Waals surface area contributed by atoms with Gasteiger partial charge in [0.25, 0.3) is 5.91 Å². The van der Waals surface area contributed by atoms with E-state index in [1.54, 1.807) is 6.07 Å². The molecule has 1 aromatic heterocycles. The molecular formula is C18H15Cl2N3O4S. The second-order valence-electron chi connectivity index (χ2n) is 5.92. The molecule has 7 nitrogen and oxygen atoms in total. The Labute approximate surface area is 171 Å². The quantitative estimate of drug-likeness (QED) is 0.631. The molecule has 0 aliphatic rings. The number of nitrogens with zero attached hydrogens (tertiary/aromatic N) is 1. The molecular weight excluding hydrogens is 425 g/mol. The minimum atomic E-state index is -3.80. The number of pyridine rings is 1. The molecule has 10 heteroatoms. The first-order valence-corrected chi connectivity index (χ1v) is 10.3. The van der Waals surface area contributed by atoms with Crippen LogP contribution in [0.5, 0.6) is 5.75 Å². The first-order valence-electron chi connectivity index (χ1n) is 7.96. The molecule has 0 fully saturated rings. The average molecular weight is 440 g/mol. The standard InChI is InChI=1S/C18H15Cl2N3O4S/c1-10-2-7-13-14(19)8-15(20)18(17(13)22-10)27-9-16(24)23-11-3-5-12(6-4-11)28(21,25)26/h2-8H,9H2,1H3,(H,23,24)(H2,21,25,26). The van der Waals surface area contributed by atoms with Crippen molar-refractivity contribution in [2.75, 3.05) is 11.9 Å². The van der Waals surface area contributed by atoms with Crippen LogP contribution < -0.4 is 15.2 Å². The monoisotopic (exact) mass is 439 g/mol. The minimum absolute atomic E-state index is 0.0531. The molecule has 0 radical (unpaired) electrons. The molecule has 1 amide bonds. The summed E-state index contributed by atoms with van der Waals surface area (Å²) >= 11 is 12.4. The molecule has 0 saturated carbocycles. The zero-order chi connectivity index (χ0) is 20.5. The molecule has 1 heterocycles. The third kappa shape index (κ3) is 4.53. The van der Waals surface area contributed by atoms with E-state index in [2.05, 4.69) is 10.3 Å². The fraction of sp³-hybridized carbons (Fsp3) is 0.111. The Hall–Kier alpha value is -2.39. The van der Waals surface area contributed by atoms with Crippen LogP contribution in [-0.2, 0) is 14.8 Å². The number of hydrogen-bond acceptors (Lipinski definition) is 5. The summed E-state index contributed by atoms with van der Waals surface area (Å²) in [6.45, 7) is 1.49. The third-order valence-corrected chi connectivity index (χ3v) is 5.31. The van der Waals surface area contributed by atoms with Crippen molar-refractivity contribution in [1.29, 1.82) is 0 Å². The highest BCUT2D eigenvalue weighted by atomic mass is 35.5. The topological polar surface area (TPSA) is 111 Å². The van der Waals surface area contributed by atoms with Gasteiger partial charge in [0.15, 0.2) is 12.4 Å². The molecule has 3 rings (SSSR count). The van der Waals surface area contributed by atoms with Crippen LogP contribution in [0.1, 0.15) is 5.69 Å². The fourth-order valence-corrected chi connectivity index (χ4v) is 3.58. The SMILES string of the molecule is Cc1ccc2c(Cl)cc(Cl)c(OCC(=O)Nc3ccc(S(N)(=O)=O)cc3)c2n1. The van der Waals surface area contributed by atoms with Crippen molar-refractivity contribution in [3.05, 3.63) is 58.2 Å². The van der Waals surface area contributed by atoms with Gasteiger partial charge in [0.1, 0.15) is 5.52 Å². The van der Waals surface area contributed by atoms with Crippen LogP contribution in [0.3, 0.4) is 0 Å². The van der Waals surface area contributed by atoms with Crippen LogP contribution in [0.15, 0.2) is 47.4 Å². The highest BCUT2D eigenvalue weighted by molar-refractivity contribution is 7.89. The number of carbonyl (C=O) groups is 1. The van der Waals surface area contributed by atoms with E-state index in [4.69, 9.17) is 33.1 Å². The maximum absolute atomic E-state index is 12.2. The van der Waals surface area contributed by atoms with E-state index in [-0.39, 0.29) is 22.3 Å². The maximum atomic E-state index is 12.2. The summed E-state index contributed by atoms with van der Waals surface area (Å²) in [6, 6.07) is 10.6. The number of anilines is 1. The van der Waals surface area contributed by atoms with Gasteiger partial charge in [-0.25, -0.2) is 18.5 Å². The molecule has 28 heavy (non-hydrogen) atoms. The zero-order valence-electron chi connectivity index (χ0n) is 14.6. The number of ether oxygens (including phenoxy) is 1. The van der Waals surface area contributed by atoms with Gasteiger partial charge in [-0.1, -0.05) is 23.2 Å². The van der Waals surface area contributed by atoms with Crippen LogP contribution in [-0.4, -0.2) is 25.9 Å². The van der Waals surface area contributed by atoms with E-state index in [0.29, 0.717) is 21.6 Å². The molecule has 0 unspecified atom stereocenters. The number of aryl methyl sites for hydroxylation is 1. The predicted molar refractivity (Wildman–Crippen MR) is 108 cm³/mol. The number of benzene rings is 2. The Kier molecular flexibility index (Phi) is 5.76. The number of aromatic nitrogens is 1. The van der Waals surface area contributed by atoms with E-state index < -0.39 is 15.9 Å². The van der Waals surface area contributed by atoms with Crippen LogP contribution in [0.4, 0.5) is 5.69 Å². The number of nitrogens with one attached hydrogen (secondary N) is 1. The van der Waals surface area contributed by atoms with Crippen molar-refractivity contribution in [2.24, 2.45) is 5.14 Å². The lowest BCUT2D eigenvalue weighted by Gasteiger charge is -2.12. The summed E-state index contributed by atoms with van der Waals surface area (Å²) in [7, 11) is -3.80. The normalized spacial score (nSPS) is 11.4. The lowest BCUT2D eigenvalue weighted by Crippen LogP contribution is -2.20. The second kappa shape index (κ2) is 7.92. The van der Waals surface area contributed by atoms with Gasteiger partial charge in [-0.3, -0.25) is 4.79 Å². The summed E-state index contributed by atoms with van der Waals surface area (Å²) in [6.07, 6.45) is 0. The number of nitrogens with two attached hydrogens (primary N) is 1. The largest absolute Gasteiger partial charge is 0.480 e. The van der Waals surface area contributed by atoms with Gasteiger partial charge in [0, 0.05) is 16.8 Å². The molecule has 146 valence electrons. The number of hydrogen-bond donors (Lipinski definition) is 2. The molecule has 0 aliphatic carbocycles. The van der Waals surface area contributed by atoms with Gasteiger partial charge in [-0.2, -0.15) is 0 Å². The average Bonchev–Trinajstić information content (AvgIpc) is 2.61. The highest BCUT2D eigenvalue weighted by Gasteiger charge is 2.15. The van der Waals surface area contributed by atoms with E-state index in [0.717, 1.165) is 5.69 Å². The van der Waals surface area contributed by atoms with Gasteiger partial charge in [0.2, 0.25) is 10.0 Å². The number of primary sulfonamides is 1. The van der Waals surface area contributed by atoms with Crippen molar-refractivity contribution < 1.29 is 17.9 Å². The predicted octanol–water partition coefficient (Wildman–Crippen LogP) is 3.51. The van der Waals surface area contributed by atoms with Crippen LogP contribution in [0, 0.1) is 6.92 Å². The number of amides is 1. The zero-order valence-corrected chi connectivity index (χ0v) is 16.9. The van der Waals surface area contributed by atoms with E-state index in [1.807, 2.05) is 13.0 Å². The van der Waals surface area contributed by atoms with Crippen molar-refractivity contribution in [2.45, 2.75) is 11.8 Å². The summed E-state index contributed by atoms with van der Waals surface area (Å²) < 4.78 is 28.1. The van der Waals surface area contributed by atoms with Crippen LogP contribution in [0.25, 0.3) is 10.9 Å². The van der Waals surface area contributed by atoms with Gasteiger partial charge in [0.05, 0.1) is 14.9 Å². The molecule has 3 N–H and O–H groups in total. The summed E-state index contributed by atoms with van der Waals surface area (Å²) in [4.78, 5) is 16.5.